The van der Waals surface area contributed by atoms with E-state index >= 15 is 0 Å². The second-order valence-electron chi connectivity index (χ2n) is 4.70. The molecule has 0 bridgehead atoms. The number of amides is 1. The third-order valence-corrected chi connectivity index (χ3v) is 4.23. The Labute approximate surface area is 149 Å². The standard InChI is InChI=1S/C15H10ClFN2O5S/c16-9-2-3-11(10(17)6-9)18-15(22)8-1-4-13(25-7-14(20)21)12(5-8)19(23)24/h1-6H,7H2,(H,18,22)(H,20,21). The summed E-state index contributed by atoms with van der Waals surface area (Å²) in [6, 6.07) is 7.24. The minimum Gasteiger partial charge on any atom is -0.481 e. The van der Waals surface area contributed by atoms with E-state index in [2.05, 4.69) is 5.32 Å². The molecule has 7 nitrogen and oxygen atoms in total. The van der Waals surface area contributed by atoms with E-state index in [-0.39, 0.29) is 26.9 Å². The molecule has 130 valence electrons. The monoisotopic (exact) mass is 384 g/mol. The van der Waals surface area contributed by atoms with Crippen LogP contribution in [0.5, 0.6) is 0 Å². The molecule has 2 rings (SSSR count). The smallest absolute Gasteiger partial charge is 0.313 e. The highest BCUT2D eigenvalue weighted by molar-refractivity contribution is 8.00. The number of hydrogen-bond donors (Lipinski definition) is 2. The second kappa shape index (κ2) is 7.95. The fraction of sp³-hybridized carbons (Fsp3) is 0.0667. The van der Waals surface area contributed by atoms with Crippen LogP contribution in [0, 0.1) is 15.9 Å². The van der Waals surface area contributed by atoms with Crippen molar-refractivity contribution < 1.29 is 24.0 Å². The molecule has 0 aromatic heterocycles. The van der Waals surface area contributed by atoms with Gasteiger partial charge in [-0.3, -0.25) is 19.7 Å². The van der Waals surface area contributed by atoms with Crippen LogP contribution in [0.15, 0.2) is 41.3 Å². The van der Waals surface area contributed by atoms with Crippen molar-refractivity contribution in [3.8, 4) is 0 Å². The van der Waals surface area contributed by atoms with Crippen LogP contribution in [0.25, 0.3) is 0 Å². The zero-order valence-corrected chi connectivity index (χ0v) is 13.9. The Morgan fingerprint density at radius 1 is 1.28 bits per heavy atom. The summed E-state index contributed by atoms with van der Waals surface area (Å²) < 4.78 is 13.7. The van der Waals surface area contributed by atoms with Crippen LogP contribution < -0.4 is 5.32 Å². The molecule has 0 unspecified atom stereocenters. The van der Waals surface area contributed by atoms with Crippen molar-refractivity contribution in [1.29, 1.82) is 0 Å². The first kappa shape index (κ1) is 18.7. The Bertz CT molecular complexity index is 862. The van der Waals surface area contributed by atoms with Crippen molar-refractivity contribution in [3.05, 3.63) is 62.9 Å². The molecule has 0 aliphatic rings. The highest BCUT2D eigenvalue weighted by Crippen LogP contribution is 2.30. The number of carboxylic acids is 1. The van der Waals surface area contributed by atoms with E-state index in [1.165, 1.54) is 24.3 Å². The molecule has 2 aromatic carbocycles. The number of halogens is 2. The number of anilines is 1. The molecule has 2 N–H and O–H groups in total. The fourth-order valence-electron chi connectivity index (χ4n) is 1.85. The molecule has 0 heterocycles. The first-order chi connectivity index (χ1) is 11.8. The number of aliphatic carboxylic acids is 1. The van der Waals surface area contributed by atoms with Crippen molar-refractivity contribution in [1.82, 2.24) is 0 Å². The van der Waals surface area contributed by atoms with Gasteiger partial charge in [-0.05, 0) is 30.3 Å². The summed E-state index contributed by atoms with van der Waals surface area (Å²) in [6.45, 7) is 0. The number of hydrogen-bond acceptors (Lipinski definition) is 5. The summed E-state index contributed by atoms with van der Waals surface area (Å²) in [5.74, 6) is -2.98. The normalized spacial score (nSPS) is 10.3. The van der Waals surface area contributed by atoms with E-state index in [9.17, 15) is 24.1 Å². The molecule has 0 spiro atoms. The number of nitro groups is 1. The first-order valence-corrected chi connectivity index (χ1v) is 8.03. The quantitative estimate of drug-likeness (QED) is 0.445. The number of carbonyl (C=O) groups excluding carboxylic acids is 1. The zero-order valence-electron chi connectivity index (χ0n) is 12.4. The van der Waals surface area contributed by atoms with Crippen LogP contribution in [0.1, 0.15) is 10.4 Å². The van der Waals surface area contributed by atoms with Gasteiger partial charge in [0, 0.05) is 16.7 Å². The van der Waals surface area contributed by atoms with Crippen molar-refractivity contribution >= 4 is 46.6 Å². The minimum atomic E-state index is -1.13. The zero-order chi connectivity index (χ0) is 18.6. The maximum atomic E-state index is 13.7. The van der Waals surface area contributed by atoms with E-state index in [0.717, 1.165) is 23.9 Å². The van der Waals surface area contributed by atoms with Crippen molar-refractivity contribution in [3.63, 3.8) is 0 Å². The number of carbonyl (C=O) groups is 2. The van der Waals surface area contributed by atoms with Crippen LogP contribution in [0.2, 0.25) is 5.02 Å². The molecule has 0 aliphatic carbocycles. The van der Waals surface area contributed by atoms with Gasteiger partial charge < -0.3 is 10.4 Å². The molecule has 1 amide bonds. The first-order valence-electron chi connectivity index (χ1n) is 6.67. The SMILES string of the molecule is O=C(O)CSc1ccc(C(=O)Nc2ccc(Cl)cc2F)cc1[N+](=O)[O-]. The van der Waals surface area contributed by atoms with Crippen molar-refractivity contribution in [2.24, 2.45) is 0 Å². The molecule has 0 radical (unpaired) electrons. The summed E-state index contributed by atoms with van der Waals surface area (Å²) in [6.07, 6.45) is 0. The van der Waals surface area contributed by atoms with Gasteiger partial charge in [0.25, 0.3) is 11.6 Å². The molecular weight excluding hydrogens is 375 g/mol. The summed E-state index contributed by atoms with van der Waals surface area (Å²) in [7, 11) is 0. The van der Waals surface area contributed by atoms with Crippen molar-refractivity contribution in [2.45, 2.75) is 4.90 Å². The number of carboxylic acid groups (broad SMARTS) is 1. The lowest BCUT2D eigenvalue weighted by Gasteiger charge is -2.08. The minimum absolute atomic E-state index is 0.0688. The largest absolute Gasteiger partial charge is 0.481 e. The molecule has 0 atom stereocenters. The highest BCUT2D eigenvalue weighted by Gasteiger charge is 2.19. The van der Waals surface area contributed by atoms with Gasteiger partial charge in [0.2, 0.25) is 0 Å². The Balaban J connectivity index is 2.26. The summed E-state index contributed by atoms with van der Waals surface area (Å²) >= 11 is 6.39. The van der Waals surface area contributed by atoms with Crippen LogP contribution in [-0.4, -0.2) is 27.7 Å². The summed E-state index contributed by atoms with van der Waals surface area (Å²) in [4.78, 5) is 33.3. The predicted molar refractivity (Wildman–Crippen MR) is 90.8 cm³/mol. The molecular formula is C15H10ClFN2O5S. The third-order valence-electron chi connectivity index (χ3n) is 2.95. The van der Waals surface area contributed by atoms with Crippen LogP contribution >= 0.6 is 23.4 Å². The molecule has 0 fully saturated rings. The van der Waals surface area contributed by atoms with Gasteiger partial charge in [0.15, 0.2) is 0 Å². The second-order valence-corrected chi connectivity index (χ2v) is 6.15. The number of nitrogens with one attached hydrogen (secondary N) is 1. The Hall–Kier alpha value is -2.65. The summed E-state index contributed by atoms with van der Waals surface area (Å²) in [5, 5.41) is 22.2. The summed E-state index contributed by atoms with van der Waals surface area (Å²) in [5.41, 5.74) is -0.599. The average molecular weight is 385 g/mol. The maximum absolute atomic E-state index is 13.7. The average Bonchev–Trinajstić information content (AvgIpc) is 2.55. The predicted octanol–water partition coefficient (Wildman–Crippen LogP) is 3.82. The lowest BCUT2D eigenvalue weighted by molar-refractivity contribution is -0.387. The number of rotatable bonds is 6. The lowest BCUT2D eigenvalue weighted by atomic mass is 10.2. The Morgan fingerprint density at radius 2 is 2.00 bits per heavy atom. The number of nitro benzene ring substituents is 1. The van der Waals surface area contributed by atoms with Gasteiger partial charge in [-0.15, -0.1) is 11.8 Å². The molecule has 10 heteroatoms. The topological polar surface area (TPSA) is 110 Å². The Morgan fingerprint density at radius 3 is 2.60 bits per heavy atom. The molecule has 0 saturated carbocycles. The van der Waals surface area contributed by atoms with Crippen LogP contribution in [-0.2, 0) is 4.79 Å². The van der Waals surface area contributed by atoms with Crippen LogP contribution in [0.4, 0.5) is 15.8 Å². The molecule has 0 aliphatic heterocycles. The van der Waals surface area contributed by atoms with Gasteiger partial charge >= 0.3 is 5.97 Å². The van der Waals surface area contributed by atoms with Gasteiger partial charge in [0.05, 0.1) is 21.3 Å². The van der Waals surface area contributed by atoms with E-state index in [4.69, 9.17) is 16.7 Å². The molecule has 2 aromatic rings. The molecule has 0 saturated heterocycles. The van der Waals surface area contributed by atoms with Gasteiger partial charge in [-0.25, -0.2) is 4.39 Å². The van der Waals surface area contributed by atoms with Gasteiger partial charge in [-0.1, -0.05) is 11.6 Å². The Kier molecular flexibility index (Phi) is 5.94. The highest BCUT2D eigenvalue weighted by atomic mass is 35.5. The van der Waals surface area contributed by atoms with E-state index < -0.39 is 28.3 Å². The van der Waals surface area contributed by atoms with E-state index in [1.54, 1.807) is 0 Å². The van der Waals surface area contributed by atoms with Crippen molar-refractivity contribution in [2.75, 3.05) is 11.1 Å². The van der Waals surface area contributed by atoms with Crippen LogP contribution in [0.3, 0.4) is 0 Å². The number of nitrogens with zero attached hydrogens (tertiary/aromatic N) is 1. The maximum Gasteiger partial charge on any atom is 0.313 e. The van der Waals surface area contributed by atoms with E-state index in [1.807, 2.05) is 0 Å². The third kappa shape index (κ3) is 4.91. The number of thioether (sulfide) groups is 1. The lowest BCUT2D eigenvalue weighted by Crippen LogP contribution is -2.13. The molecule has 25 heavy (non-hydrogen) atoms. The van der Waals surface area contributed by atoms with E-state index in [0.29, 0.717) is 0 Å². The number of benzene rings is 2. The van der Waals surface area contributed by atoms with Gasteiger partial charge in [0.1, 0.15) is 5.82 Å². The fourth-order valence-corrected chi connectivity index (χ4v) is 2.73. The van der Waals surface area contributed by atoms with Gasteiger partial charge in [-0.2, -0.15) is 0 Å².